The van der Waals surface area contributed by atoms with E-state index < -0.39 is 35.1 Å². The fraction of sp³-hybridized carbons (Fsp3) is 0.250. The standard InChI is InChI=1S/C20H14F6N8O/c1-2-7-35-17-11(20(24,25)26)8-29-18(33-17)32-12-4-5-27-16-15(12)28-9-13(31-16)14-10(19(21,22)23)3-6-30-34-14/h3-6,8-9H,2,7H2,1H3,(H,27,29,31,32,33). The Morgan fingerprint density at radius 3 is 2.37 bits per heavy atom. The molecule has 0 aliphatic heterocycles. The van der Waals surface area contributed by atoms with Gasteiger partial charge in [0, 0.05) is 12.4 Å². The molecule has 0 bridgehead atoms. The monoisotopic (exact) mass is 496 g/mol. The Kier molecular flexibility index (Phi) is 6.32. The van der Waals surface area contributed by atoms with E-state index in [1.54, 1.807) is 6.92 Å². The highest BCUT2D eigenvalue weighted by molar-refractivity contribution is 5.87. The van der Waals surface area contributed by atoms with Gasteiger partial charge in [-0.15, -0.1) is 5.10 Å². The number of aromatic nitrogens is 7. The molecule has 0 atom stereocenters. The van der Waals surface area contributed by atoms with Crippen LogP contribution in [0.4, 0.5) is 38.0 Å². The molecular weight excluding hydrogens is 482 g/mol. The largest absolute Gasteiger partial charge is 0.477 e. The molecule has 0 amide bonds. The molecular formula is C20H14F6N8O. The van der Waals surface area contributed by atoms with Crippen molar-refractivity contribution in [1.29, 1.82) is 0 Å². The van der Waals surface area contributed by atoms with Crippen molar-refractivity contribution in [3.63, 3.8) is 0 Å². The van der Waals surface area contributed by atoms with Gasteiger partial charge in [0.15, 0.2) is 5.65 Å². The van der Waals surface area contributed by atoms with Crippen LogP contribution in [0.3, 0.4) is 0 Å². The minimum Gasteiger partial charge on any atom is -0.477 e. The molecule has 0 fully saturated rings. The molecule has 0 spiro atoms. The van der Waals surface area contributed by atoms with E-state index in [9.17, 15) is 26.3 Å². The van der Waals surface area contributed by atoms with Crippen molar-refractivity contribution in [3.05, 3.63) is 48.0 Å². The van der Waals surface area contributed by atoms with Gasteiger partial charge in [0.2, 0.25) is 11.8 Å². The van der Waals surface area contributed by atoms with Gasteiger partial charge in [-0.05, 0) is 18.6 Å². The maximum atomic E-state index is 13.3. The van der Waals surface area contributed by atoms with Gasteiger partial charge in [0.05, 0.1) is 30.3 Å². The molecule has 0 saturated heterocycles. The number of hydrogen-bond donors (Lipinski definition) is 1. The number of nitrogens with zero attached hydrogens (tertiary/aromatic N) is 7. The van der Waals surface area contributed by atoms with Gasteiger partial charge in [-0.25, -0.2) is 19.9 Å². The Labute approximate surface area is 192 Å². The lowest BCUT2D eigenvalue weighted by Crippen LogP contribution is -2.13. The number of anilines is 2. The molecule has 35 heavy (non-hydrogen) atoms. The first-order chi connectivity index (χ1) is 16.6. The van der Waals surface area contributed by atoms with Crippen molar-refractivity contribution in [3.8, 4) is 17.3 Å². The lowest BCUT2D eigenvalue weighted by Gasteiger charge is -2.14. The summed E-state index contributed by atoms with van der Waals surface area (Å²) >= 11 is 0. The van der Waals surface area contributed by atoms with E-state index in [0.29, 0.717) is 12.6 Å². The summed E-state index contributed by atoms with van der Waals surface area (Å²) in [6.45, 7) is 1.73. The predicted molar refractivity (Wildman–Crippen MR) is 109 cm³/mol. The smallest absolute Gasteiger partial charge is 0.423 e. The molecule has 0 saturated carbocycles. The number of fused-ring (bicyclic) bond motifs is 1. The van der Waals surface area contributed by atoms with Gasteiger partial charge >= 0.3 is 12.4 Å². The summed E-state index contributed by atoms with van der Waals surface area (Å²) in [5, 5.41) is 9.73. The molecule has 0 aromatic carbocycles. The zero-order chi connectivity index (χ0) is 25.2. The van der Waals surface area contributed by atoms with Crippen molar-refractivity contribution in [2.45, 2.75) is 25.7 Å². The van der Waals surface area contributed by atoms with Crippen molar-refractivity contribution in [2.75, 3.05) is 11.9 Å². The predicted octanol–water partition coefficient (Wildman–Crippen LogP) is 4.84. The van der Waals surface area contributed by atoms with E-state index in [1.807, 2.05) is 0 Å². The second-order valence-electron chi connectivity index (χ2n) is 6.96. The van der Waals surface area contributed by atoms with Crippen LogP contribution < -0.4 is 10.1 Å². The Morgan fingerprint density at radius 2 is 1.66 bits per heavy atom. The van der Waals surface area contributed by atoms with Gasteiger partial charge in [0.1, 0.15) is 22.5 Å². The van der Waals surface area contributed by atoms with E-state index in [4.69, 9.17) is 4.74 Å². The summed E-state index contributed by atoms with van der Waals surface area (Å²) in [5.74, 6) is -0.873. The van der Waals surface area contributed by atoms with Crippen LogP contribution in [0.2, 0.25) is 0 Å². The SMILES string of the molecule is CCCOc1nc(Nc2ccnc3nc(-c4nnccc4C(F)(F)F)cnc23)ncc1C(F)(F)F. The van der Waals surface area contributed by atoms with Crippen molar-refractivity contribution in [2.24, 2.45) is 0 Å². The molecule has 4 aromatic heterocycles. The van der Waals surface area contributed by atoms with Crippen molar-refractivity contribution < 1.29 is 31.1 Å². The number of nitrogens with one attached hydrogen (secondary N) is 1. The summed E-state index contributed by atoms with van der Waals surface area (Å²) in [6, 6.07) is 2.19. The Bertz CT molecular complexity index is 1360. The molecule has 0 radical (unpaired) electrons. The zero-order valence-corrected chi connectivity index (χ0v) is 17.7. The lowest BCUT2D eigenvalue weighted by atomic mass is 10.1. The van der Waals surface area contributed by atoms with Crippen molar-refractivity contribution in [1.82, 2.24) is 35.1 Å². The fourth-order valence-corrected chi connectivity index (χ4v) is 2.94. The maximum absolute atomic E-state index is 13.3. The molecule has 0 unspecified atom stereocenters. The van der Waals surface area contributed by atoms with E-state index in [1.165, 1.54) is 12.3 Å². The van der Waals surface area contributed by atoms with Gasteiger partial charge in [-0.2, -0.15) is 36.4 Å². The third-order valence-corrected chi connectivity index (χ3v) is 4.46. The van der Waals surface area contributed by atoms with Crippen molar-refractivity contribution >= 4 is 22.8 Å². The molecule has 0 aliphatic carbocycles. The summed E-state index contributed by atoms with van der Waals surface area (Å²) in [6.07, 6.45) is -5.14. The molecule has 4 rings (SSSR count). The Balaban J connectivity index is 1.71. The van der Waals surface area contributed by atoms with Gasteiger partial charge in [-0.3, -0.25) is 0 Å². The van der Waals surface area contributed by atoms with Crippen LogP contribution in [-0.2, 0) is 12.4 Å². The minimum atomic E-state index is -4.72. The molecule has 4 heterocycles. The van der Waals surface area contributed by atoms with E-state index >= 15 is 0 Å². The molecule has 9 nitrogen and oxygen atoms in total. The zero-order valence-electron chi connectivity index (χ0n) is 17.7. The van der Waals surface area contributed by atoms with Crippen LogP contribution in [0.1, 0.15) is 24.5 Å². The Morgan fingerprint density at radius 1 is 0.886 bits per heavy atom. The molecule has 15 heteroatoms. The topological polar surface area (TPSA) is 111 Å². The Hall–Kier alpha value is -4.17. The molecule has 1 N–H and O–H groups in total. The number of pyridine rings is 1. The van der Waals surface area contributed by atoms with Crippen LogP contribution in [0, 0.1) is 0 Å². The molecule has 182 valence electrons. The second kappa shape index (κ2) is 9.23. The highest BCUT2D eigenvalue weighted by Gasteiger charge is 2.37. The lowest BCUT2D eigenvalue weighted by molar-refractivity contribution is -0.139. The van der Waals surface area contributed by atoms with E-state index in [0.717, 1.165) is 18.5 Å². The van der Waals surface area contributed by atoms with E-state index in [-0.39, 0.29) is 35.1 Å². The normalized spacial score (nSPS) is 12.1. The first kappa shape index (κ1) is 24.0. The van der Waals surface area contributed by atoms with Crippen LogP contribution in [0.15, 0.2) is 36.9 Å². The summed E-state index contributed by atoms with van der Waals surface area (Å²) in [5.41, 5.74) is -2.68. The summed E-state index contributed by atoms with van der Waals surface area (Å²) < 4.78 is 84.8. The van der Waals surface area contributed by atoms with Gasteiger partial charge in [0.25, 0.3) is 0 Å². The van der Waals surface area contributed by atoms with Gasteiger partial charge < -0.3 is 10.1 Å². The maximum Gasteiger partial charge on any atom is 0.423 e. The number of alkyl halides is 6. The first-order valence-electron chi connectivity index (χ1n) is 9.93. The van der Waals surface area contributed by atoms with Crippen LogP contribution in [0.5, 0.6) is 5.88 Å². The van der Waals surface area contributed by atoms with Crippen LogP contribution >= 0.6 is 0 Å². The van der Waals surface area contributed by atoms with Crippen LogP contribution in [-0.4, -0.2) is 41.7 Å². The molecule has 4 aromatic rings. The first-order valence-corrected chi connectivity index (χ1v) is 9.93. The summed E-state index contributed by atoms with van der Waals surface area (Å²) in [4.78, 5) is 19.7. The second-order valence-corrected chi connectivity index (χ2v) is 6.96. The number of halogens is 6. The quantitative estimate of drug-likeness (QED) is 0.375. The van der Waals surface area contributed by atoms with E-state index in [2.05, 4.69) is 40.4 Å². The van der Waals surface area contributed by atoms with Gasteiger partial charge in [-0.1, -0.05) is 6.92 Å². The number of hydrogen-bond acceptors (Lipinski definition) is 9. The number of ether oxygens (including phenoxy) is 1. The number of rotatable bonds is 6. The average Bonchev–Trinajstić information content (AvgIpc) is 2.81. The molecule has 0 aliphatic rings. The summed E-state index contributed by atoms with van der Waals surface area (Å²) in [7, 11) is 0. The average molecular weight is 496 g/mol. The fourth-order valence-electron chi connectivity index (χ4n) is 2.94. The minimum absolute atomic E-state index is 0.00820. The highest BCUT2D eigenvalue weighted by atomic mass is 19.4. The third-order valence-electron chi connectivity index (χ3n) is 4.46. The third kappa shape index (κ3) is 5.17. The highest BCUT2D eigenvalue weighted by Crippen LogP contribution is 2.36. The van der Waals surface area contributed by atoms with Crippen LogP contribution in [0.25, 0.3) is 22.6 Å².